The summed E-state index contributed by atoms with van der Waals surface area (Å²) >= 11 is 0. The lowest BCUT2D eigenvalue weighted by molar-refractivity contribution is -0.00000558. The van der Waals surface area contributed by atoms with Gasteiger partial charge in [0.15, 0.2) is 5.82 Å². The number of nitrogens with zero attached hydrogens (tertiary/aromatic N) is 6. The smallest absolute Gasteiger partial charge is 0.165 e. The first-order chi connectivity index (χ1) is 11.4. The zero-order chi connectivity index (χ0) is 15.5. The Balaban J connectivity index is 0.00000169. The van der Waals surface area contributed by atoms with E-state index < -0.39 is 0 Å². The summed E-state index contributed by atoms with van der Waals surface area (Å²) in [6, 6.07) is 4.68. The molecule has 0 N–H and O–H groups in total. The normalized spacial score (nSPS) is 20.3. The molecule has 24 heavy (non-hydrogen) atoms. The average molecular weight is 352 g/mol. The van der Waals surface area contributed by atoms with Gasteiger partial charge in [-0.25, -0.2) is 4.68 Å². The second-order valence-electron chi connectivity index (χ2n) is 6.58. The van der Waals surface area contributed by atoms with Crippen LogP contribution in [0.5, 0.6) is 0 Å². The molecule has 0 atom stereocenters. The monoisotopic (exact) mass is 351 g/mol. The van der Waals surface area contributed by atoms with Gasteiger partial charge in [0.25, 0.3) is 0 Å². The van der Waals surface area contributed by atoms with Crippen molar-refractivity contribution in [2.24, 2.45) is 0 Å². The Labute approximate surface area is 148 Å². The van der Waals surface area contributed by atoms with Gasteiger partial charge in [-0.3, -0.25) is 9.80 Å². The summed E-state index contributed by atoms with van der Waals surface area (Å²) in [6.07, 6.45) is 7.28. The Bertz CT molecular complexity index is 602. The molecule has 0 spiro atoms. The van der Waals surface area contributed by atoms with Gasteiger partial charge in [-0.15, -0.1) is 5.10 Å². The zero-order valence-corrected chi connectivity index (χ0v) is 14.6. The van der Waals surface area contributed by atoms with E-state index in [0.717, 1.165) is 37.3 Å². The Kier molecular flexibility index (Phi) is 5.86. The molecule has 1 saturated carbocycles. The maximum absolute atomic E-state index is 5.39. The highest BCUT2D eigenvalue weighted by atomic mass is 35.5. The summed E-state index contributed by atoms with van der Waals surface area (Å²) < 4.78 is 7.22. The van der Waals surface area contributed by atoms with Gasteiger partial charge in [-0.05, 0) is 35.4 Å². The molecule has 0 amide bonds. The molecule has 1 aliphatic carbocycles. The second kappa shape index (κ2) is 8.09. The molecule has 2 aromatic rings. The lowest BCUT2D eigenvalue weighted by atomic mass is 10.2. The molecule has 4 rings (SSSR count). The third kappa shape index (κ3) is 3.96. The lowest BCUT2D eigenvalue weighted by Gasteiger charge is -2.37. The molecule has 132 valence electrons. The average Bonchev–Trinajstić information content (AvgIpc) is 3.32. The molecule has 0 radical (unpaired) electrons. The molecule has 0 aromatic carbocycles. The number of piperazine rings is 1. The van der Waals surface area contributed by atoms with Crippen molar-refractivity contribution in [3.8, 4) is 0 Å². The summed E-state index contributed by atoms with van der Waals surface area (Å²) in [5.74, 6) is 1.79. The van der Waals surface area contributed by atoms with Gasteiger partial charge >= 0.3 is 0 Å². The van der Waals surface area contributed by atoms with Gasteiger partial charge in [-0.2, -0.15) is 0 Å². The van der Waals surface area contributed by atoms with Crippen molar-refractivity contribution in [3.63, 3.8) is 0 Å². The minimum atomic E-state index is 0. The minimum absolute atomic E-state index is 0. The standard InChI is InChI=1S/C16H24N6O.ClH/c1-2-5-14(4-1)21-9-7-20(8-10-21)13-16-17-18-19-22(16)12-15-6-3-11-23-15;/h3,6,11,14H,1-2,4-5,7-10,12-13H2;1H/p-1. The van der Waals surface area contributed by atoms with Gasteiger partial charge in [0, 0.05) is 32.2 Å². The van der Waals surface area contributed by atoms with Gasteiger partial charge in [0.2, 0.25) is 0 Å². The Morgan fingerprint density at radius 3 is 2.58 bits per heavy atom. The van der Waals surface area contributed by atoms with Crippen LogP contribution in [0.1, 0.15) is 37.3 Å². The van der Waals surface area contributed by atoms with Gasteiger partial charge in [-0.1, -0.05) is 12.8 Å². The largest absolute Gasteiger partial charge is 1.00 e. The quantitative estimate of drug-likeness (QED) is 0.645. The number of tetrazole rings is 1. The van der Waals surface area contributed by atoms with Gasteiger partial charge < -0.3 is 16.8 Å². The van der Waals surface area contributed by atoms with E-state index in [2.05, 4.69) is 25.3 Å². The van der Waals surface area contributed by atoms with E-state index in [1.165, 1.54) is 38.8 Å². The number of hydrogen-bond donors (Lipinski definition) is 0. The maximum atomic E-state index is 5.39. The van der Waals surface area contributed by atoms with E-state index in [1.807, 2.05) is 16.8 Å². The third-order valence-corrected chi connectivity index (χ3v) is 5.10. The molecule has 0 unspecified atom stereocenters. The fourth-order valence-corrected chi connectivity index (χ4v) is 3.77. The highest BCUT2D eigenvalue weighted by Crippen LogP contribution is 2.24. The van der Waals surface area contributed by atoms with E-state index in [4.69, 9.17) is 4.42 Å². The van der Waals surface area contributed by atoms with Crippen LogP contribution < -0.4 is 12.4 Å². The van der Waals surface area contributed by atoms with Crippen LogP contribution in [0.2, 0.25) is 0 Å². The van der Waals surface area contributed by atoms with E-state index in [-0.39, 0.29) is 12.4 Å². The summed E-state index contributed by atoms with van der Waals surface area (Å²) in [5.41, 5.74) is 0. The first kappa shape index (κ1) is 17.4. The molecular formula is C16H24ClN6O-. The summed E-state index contributed by atoms with van der Waals surface area (Å²) in [6.45, 7) is 5.95. The van der Waals surface area contributed by atoms with Crippen molar-refractivity contribution in [1.82, 2.24) is 30.0 Å². The van der Waals surface area contributed by atoms with Crippen molar-refractivity contribution in [3.05, 3.63) is 30.0 Å². The molecule has 1 aliphatic heterocycles. The molecule has 2 aliphatic rings. The van der Waals surface area contributed by atoms with Crippen LogP contribution in [0, 0.1) is 0 Å². The number of rotatable bonds is 5. The SMILES string of the molecule is [Cl-].c1coc(Cn2nnnc2CN2CCN(C3CCCC3)CC2)c1. The number of aromatic nitrogens is 4. The van der Waals surface area contributed by atoms with Crippen molar-refractivity contribution >= 4 is 0 Å². The molecule has 7 nitrogen and oxygen atoms in total. The molecule has 0 bridgehead atoms. The summed E-state index contributed by atoms with van der Waals surface area (Å²) in [4.78, 5) is 5.13. The molecule has 2 fully saturated rings. The van der Waals surface area contributed by atoms with Crippen LogP contribution in [0.3, 0.4) is 0 Å². The number of halogens is 1. The lowest BCUT2D eigenvalue weighted by Crippen LogP contribution is -3.00. The molecule has 8 heteroatoms. The van der Waals surface area contributed by atoms with Crippen LogP contribution in [0.4, 0.5) is 0 Å². The maximum Gasteiger partial charge on any atom is 0.165 e. The first-order valence-electron chi connectivity index (χ1n) is 8.62. The highest BCUT2D eigenvalue weighted by Gasteiger charge is 2.26. The molecule has 2 aromatic heterocycles. The molecular weight excluding hydrogens is 328 g/mol. The highest BCUT2D eigenvalue weighted by molar-refractivity contribution is 4.99. The van der Waals surface area contributed by atoms with Crippen molar-refractivity contribution in [2.75, 3.05) is 26.2 Å². The number of hydrogen-bond acceptors (Lipinski definition) is 6. The third-order valence-electron chi connectivity index (χ3n) is 5.10. The topological polar surface area (TPSA) is 63.2 Å². The van der Waals surface area contributed by atoms with E-state index in [9.17, 15) is 0 Å². The van der Waals surface area contributed by atoms with Crippen molar-refractivity contribution in [2.45, 2.75) is 44.8 Å². The predicted molar refractivity (Wildman–Crippen MR) is 84.7 cm³/mol. The first-order valence-corrected chi connectivity index (χ1v) is 8.62. The zero-order valence-electron chi connectivity index (χ0n) is 13.8. The van der Waals surface area contributed by atoms with Crippen molar-refractivity contribution < 1.29 is 16.8 Å². The Morgan fingerprint density at radius 1 is 1.08 bits per heavy atom. The fourth-order valence-electron chi connectivity index (χ4n) is 3.77. The van der Waals surface area contributed by atoms with Crippen LogP contribution in [0.25, 0.3) is 0 Å². The summed E-state index contributed by atoms with van der Waals surface area (Å²) in [7, 11) is 0. The van der Waals surface area contributed by atoms with E-state index in [0.29, 0.717) is 6.54 Å². The predicted octanol–water partition coefficient (Wildman–Crippen LogP) is -1.62. The van der Waals surface area contributed by atoms with Crippen LogP contribution in [0.15, 0.2) is 22.8 Å². The Hall–Kier alpha value is -1.44. The summed E-state index contributed by atoms with van der Waals surface area (Å²) in [5, 5.41) is 12.1. The Morgan fingerprint density at radius 2 is 1.88 bits per heavy atom. The van der Waals surface area contributed by atoms with Crippen LogP contribution in [-0.4, -0.2) is 62.2 Å². The minimum Gasteiger partial charge on any atom is -1.00 e. The molecule has 3 heterocycles. The van der Waals surface area contributed by atoms with Crippen LogP contribution in [-0.2, 0) is 13.1 Å². The van der Waals surface area contributed by atoms with E-state index in [1.54, 1.807) is 6.26 Å². The van der Waals surface area contributed by atoms with E-state index >= 15 is 0 Å². The van der Waals surface area contributed by atoms with Gasteiger partial charge in [0.1, 0.15) is 12.3 Å². The molecule has 1 saturated heterocycles. The van der Waals surface area contributed by atoms with Crippen LogP contribution >= 0.6 is 0 Å². The van der Waals surface area contributed by atoms with Crippen molar-refractivity contribution in [1.29, 1.82) is 0 Å². The fraction of sp³-hybridized carbons (Fsp3) is 0.688. The second-order valence-corrected chi connectivity index (χ2v) is 6.58. The van der Waals surface area contributed by atoms with Gasteiger partial charge in [0.05, 0.1) is 12.8 Å². The number of furan rings is 1.